The minimum atomic E-state index is -0.958. The highest BCUT2D eigenvalue weighted by Gasteiger charge is 2.37. The molecule has 10 heteroatoms. The quantitative estimate of drug-likeness (QED) is 0.326. The summed E-state index contributed by atoms with van der Waals surface area (Å²) in [4.78, 5) is 49.4. The number of benzene rings is 2. The van der Waals surface area contributed by atoms with Crippen molar-refractivity contribution < 1.29 is 28.8 Å². The molecule has 2 aromatic rings. The van der Waals surface area contributed by atoms with Gasteiger partial charge in [0.05, 0.1) is 36.5 Å². The molecule has 4 amide bonds. The van der Waals surface area contributed by atoms with Crippen molar-refractivity contribution in [1.29, 1.82) is 0 Å². The summed E-state index contributed by atoms with van der Waals surface area (Å²) in [5.41, 5.74) is 0.370. The number of nitrogens with one attached hydrogen (secondary N) is 1. The largest absolute Gasteiger partial charge is 0.493 e. The smallest absolute Gasteiger partial charge is 0.335 e. The third kappa shape index (κ3) is 4.08. The Hall–Kier alpha value is -4.21. The molecule has 1 aliphatic rings. The number of nitrogens with zero attached hydrogens (tertiary/aromatic N) is 2. The highest BCUT2D eigenvalue weighted by molar-refractivity contribution is 6.39. The first-order valence-electron chi connectivity index (χ1n) is 9.21. The van der Waals surface area contributed by atoms with Gasteiger partial charge in [-0.1, -0.05) is 19.1 Å². The molecular weight excluding hydrogens is 406 g/mol. The Labute approximate surface area is 177 Å². The van der Waals surface area contributed by atoms with Gasteiger partial charge in [-0.2, -0.15) is 0 Å². The van der Waals surface area contributed by atoms with E-state index in [0.717, 1.165) is 29.0 Å². The predicted molar refractivity (Wildman–Crippen MR) is 111 cm³/mol. The number of nitro benzene ring substituents is 1. The number of methoxy groups -OCH3 is 2. The van der Waals surface area contributed by atoms with E-state index in [-0.39, 0.29) is 22.7 Å². The Balaban J connectivity index is 2.10. The van der Waals surface area contributed by atoms with Crippen molar-refractivity contribution in [3.8, 4) is 11.5 Å². The van der Waals surface area contributed by atoms with E-state index in [2.05, 4.69) is 5.32 Å². The van der Waals surface area contributed by atoms with Gasteiger partial charge in [-0.3, -0.25) is 25.0 Å². The maximum atomic E-state index is 13.0. The second-order valence-electron chi connectivity index (χ2n) is 6.50. The first-order valence-corrected chi connectivity index (χ1v) is 9.21. The summed E-state index contributed by atoms with van der Waals surface area (Å²) in [5.74, 6) is -1.57. The van der Waals surface area contributed by atoms with E-state index >= 15 is 0 Å². The van der Waals surface area contributed by atoms with E-state index in [1.54, 1.807) is 24.3 Å². The second kappa shape index (κ2) is 8.66. The lowest BCUT2D eigenvalue weighted by Gasteiger charge is -2.26. The molecule has 0 unspecified atom stereocenters. The lowest BCUT2D eigenvalue weighted by molar-refractivity contribution is -0.385. The molecule has 10 nitrogen and oxygen atoms in total. The minimum absolute atomic E-state index is 0.0585. The minimum Gasteiger partial charge on any atom is -0.493 e. The van der Waals surface area contributed by atoms with Crippen LogP contribution in [0.15, 0.2) is 42.0 Å². The molecule has 1 saturated heterocycles. The van der Waals surface area contributed by atoms with Crippen LogP contribution in [0.2, 0.25) is 0 Å². The van der Waals surface area contributed by atoms with Crippen LogP contribution in [0.25, 0.3) is 6.08 Å². The average molecular weight is 425 g/mol. The monoisotopic (exact) mass is 425 g/mol. The van der Waals surface area contributed by atoms with Gasteiger partial charge < -0.3 is 9.47 Å². The van der Waals surface area contributed by atoms with E-state index < -0.39 is 34.0 Å². The number of ether oxygens (including phenoxy) is 2. The lowest BCUT2D eigenvalue weighted by atomic mass is 10.0. The topological polar surface area (TPSA) is 128 Å². The van der Waals surface area contributed by atoms with Crippen LogP contribution in [0.4, 0.5) is 16.2 Å². The summed E-state index contributed by atoms with van der Waals surface area (Å²) < 4.78 is 10.2. The lowest BCUT2D eigenvalue weighted by Crippen LogP contribution is -2.54. The number of carbonyl (C=O) groups excluding carboxylic acids is 3. The zero-order valence-corrected chi connectivity index (χ0v) is 17.0. The van der Waals surface area contributed by atoms with Crippen molar-refractivity contribution in [3.63, 3.8) is 0 Å². The number of hydrogen-bond donors (Lipinski definition) is 1. The van der Waals surface area contributed by atoms with Crippen LogP contribution < -0.4 is 19.7 Å². The summed E-state index contributed by atoms with van der Waals surface area (Å²) in [6.45, 7) is 1.96. The number of carbonyl (C=O) groups is 3. The molecule has 0 aromatic heterocycles. The highest BCUT2D eigenvalue weighted by Crippen LogP contribution is 2.36. The molecule has 1 N–H and O–H groups in total. The Kier molecular flexibility index (Phi) is 6.00. The summed E-state index contributed by atoms with van der Waals surface area (Å²) in [6, 6.07) is 8.19. The van der Waals surface area contributed by atoms with Crippen LogP contribution in [-0.4, -0.2) is 37.0 Å². The van der Waals surface area contributed by atoms with Crippen LogP contribution in [0, 0.1) is 10.1 Å². The number of amides is 4. The predicted octanol–water partition coefficient (Wildman–Crippen LogP) is 2.84. The molecule has 3 rings (SSSR count). The normalized spacial score (nSPS) is 15.1. The number of urea groups is 1. The number of imide groups is 2. The Morgan fingerprint density at radius 3 is 2.23 bits per heavy atom. The van der Waals surface area contributed by atoms with E-state index in [1.807, 2.05) is 6.92 Å². The van der Waals surface area contributed by atoms with Crippen molar-refractivity contribution in [2.45, 2.75) is 13.3 Å². The Bertz CT molecular complexity index is 1110. The highest BCUT2D eigenvalue weighted by atomic mass is 16.6. The molecule has 0 saturated carbocycles. The van der Waals surface area contributed by atoms with Gasteiger partial charge in [-0.05, 0) is 36.3 Å². The average Bonchev–Trinajstić information content (AvgIpc) is 2.76. The van der Waals surface area contributed by atoms with Gasteiger partial charge in [0.1, 0.15) is 5.57 Å². The maximum absolute atomic E-state index is 13.0. The fraction of sp³-hybridized carbons (Fsp3) is 0.190. The van der Waals surface area contributed by atoms with E-state index in [1.165, 1.54) is 20.3 Å². The molecule has 0 spiro atoms. The van der Waals surface area contributed by atoms with Crippen LogP contribution in [0.1, 0.15) is 18.1 Å². The summed E-state index contributed by atoms with van der Waals surface area (Å²) in [7, 11) is 2.67. The van der Waals surface area contributed by atoms with E-state index in [4.69, 9.17) is 9.47 Å². The van der Waals surface area contributed by atoms with Crippen molar-refractivity contribution in [3.05, 3.63) is 63.2 Å². The first kappa shape index (κ1) is 21.5. The van der Waals surface area contributed by atoms with Crippen molar-refractivity contribution in [2.24, 2.45) is 0 Å². The molecule has 0 aliphatic carbocycles. The second-order valence-corrected chi connectivity index (χ2v) is 6.50. The van der Waals surface area contributed by atoms with Gasteiger partial charge in [0, 0.05) is 0 Å². The van der Waals surface area contributed by atoms with Gasteiger partial charge in [0.25, 0.3) is 17.5 Å². The molecular formula is C21H19N3O7. The molecule has 0 radical (unpaired) electrons. The van der Waals surface area contributed by atoms with Gasteiger partial charge in [0.2, 0.25) is 0 Å². The summed E-state index contributed by atoms with van der Waals surface area (Å²) in [6.07, 6.45) is 1.82. The molecule has 160 valence electrons. The van der Waals surface area contributed by atoms with Crippen molar-refractivity contribution in [2.75, 3.05) is 19.1 Å². The number of hydrogen-bond acceptors (Lipinski definition) is 7. The van der Waals surface area contributed by atoms with E-state index in [0.29, 0.717) is 0 Å². The molecule has 31 heavy (non-hydrogen) atoms. The van der Waals surface area contributed by atoms with Crippen LogP contribution in [0.3, 0.4) is 0 Å². The molecule has 0 atom stereocenters. The standard InChI is InChI=1S/C21H19N3O7/c1-4-12-5-7-14(8-6-12)23-20(26)15(19(25)22-21(23)27)9-13-10-17(30-2)18(31-3)11-16(13)24(28)29/h5-11H,4H2,1-3H3,(H,22,25,27)/b15-9-. The molecule has 2 aromatic carbocycles. The molecule has 1 fully saturated rings. The number of anilines is 1. The van der Waals surface area contributed by atoms with Gasteiger partial charge in [0.15, 0.2) is 11.5 Å². The number of rotatable bonds is 6. The summed E-state index contributed by atoms with van der Waals surface area (Å²) in [5, 5.41) is 13.6. The SMILES string of the molecule is CCc1ccc(N2C(=O)NC(=O)/C(=C/c3cc(OC)c(OC)cc3[N+](=O)[O-])C2=O)cc1. The van der Waals surface area contributed by atoms with Crippen molar-refractivity contribution in [1.82, 2.24) is 5.32 Å². The molecule has 0 bridgehead atoms. The fourth-order valence-corrected chi connectivity index (χ4v) is 3.09. The van der Waals surface area contributed by atoms with Crippen LogP contribution in [0.5, 0.6) is 11.5 Å². The molecule has 1 heterocycles. The number of aryl methyl sites for hydroxylation is 1. The maximum Gasteiger partial charge on any atom is 0.335 e. The zero-order valence-electron chi connectivity index (χ0n) is 17.0. The third-order valence-corrected chi connectivity index (χ3v) is 4.73. The fourth-order valence-electron chi connectivity index (χ4n) is 3.09. The Morgan fingerprint density at radius 1 is 1.06 bits per heavy atom. The third-order valence-electron chi connectivity index (χ3n) is 4.73. The van der Waals surface area contributed by atoms with Crippen molar-refractivity contribution >= 4 is 35.3 Å². The van der Waals surface area contributed by atoms with Crippen LogP contribution in [-0.2, 0) is 16.0 Å². The van der Waals surface area contributed by atoms with Gasteiger partial charge in [-0.25, -0.2) is 9.69 Å². The van der Waals surface area contributed by atoms with Gasteiger partial charge >= 0.3 is 6.03 Å². The number of nitro groups is 1. The zero-order chi connectivity index (χ0) is 22.7. The number of barbiturate groups is 1. The molecule has 1 aliphatic heterocycles. The van der Waals surface area contributed by atoms with Crippen LogP contribution >= 0.6 is 0 Å². The first-order chi connectivity index (χ1) is 14.8. The Morgan fingerprint density at radius 2 is 1.68 bits per heavy atom. The van der Waals surface area contributed by atoms with Gasteiger partial charge in [-0.15, -0.1) is 0 Å². The van der Waals surface area contributed by atoms with E-state index in [9.17, 15) is 24.5 Å². The summed E-state index contributed by atoms with van der Waals surface area (Å²) >= 11 is 0.